The molecule has 34 heavy (non-hydrogen) atoms. The number of hydrogen-bond acceptors (Lipinski definition) is 5. The Bertz CT molecular complexity index is 1240. The fourth-order valence-electron chi connectivity index (χ4n) is 3.62. The summed E-state index contributed by atoms with van der Waals surface area (Å²) in [5.74, 6) is -0.807. The number of carbonyl (C=O) groups is 2. The third-order valence-corrected chi connectivity index (χ3v) is 5.22. The number of amides is 1. The topological polar surface area (TPSA) is 125 Å². The standard InChI is InChI=1S/C23H24N6O3.2ClH/c1-2-29-21(12-19(28-29)15-7-9-24-10-8-15)27-23(32)20(26-14-22(30)31)11-16-13-25-18-6-4-3-5-17(16)18;;/h3-10,12-13,20,25-26H,2,11,14H2,1H3,(H,27,32)(H,30,31);2*1H/t20-;;/m0../s1. The smallest absolute Gasteiger partial charge is 0.317 e. The van der Waals surface area contributed by atoms with Crippen molar-refractivity contribution in [1.82, 2.24) is 25.1 Å². The van der Waals surface area contributed by atoms with Gasteiger partial charge in [0.1, 0.15) is 5.82 Å². The van der Waals surface area contributed by atoms with Crippen molar-refractivity contribution in [3.05, 3.63) is 66.6 Å². The van der Waals surface area contributed by atoms with E-state index in [0.29, 0.717) is 18.8 Å². The number of anilines is 1. The zero-order chi connectivity index (χ0) is 22.5. The Kier molecular flexibility index (Phi) is 9.61. The van der Waals surface area contributed by atoms with Crippen LogP contribution < -0.4 is 10.6 Å². The van der Waals surface area contributed by atoms with E-state index in [1.807, 2.05) is 49.5 Å². The van der Waals surface area contributed by atoms with Gasteiger partial charge in [0.25, 0.3) is 0 Å². The van der Waals surface area contributed by atoms with Gasteiger partial charge in [0.05, 0.1) is 18.3 Å². The van der Waals surface area contributed by atoms with Gasteiger partial charge in [-0.15, -0.1) is 24.8 Å². The van der Waals surface area contributed by atoms with Crippen LogP contribution in [0.15, 0.2) is 61.1 Å². The number of carboxylic acids is 1. The van der Waals surface area contributed by atoms with Crippen molar-refractivity contribution < 1.29 is 14.7 Å². The van der Waals surface area contributed by atoms with Gasteiger partial charge in [-0.05, 0) is 37.1 Å². The number of pyridine rings is 1. The molecular formula is C23H26Cl2N6O3. The van der Waals surface area contributed by atoms with Gasteiger partial charge in [-0.3, -0.25) is 19.9 Å². The van der Waals surface area contributed by atoms with Crippen LogP contribution in [0.4, 0.5) is 5.82 Å². The van der Waals surface area contributed by atoms with E-state index in [1.165, 1.54) is 0 Å². The quantitative estimate of drug-likeness (QED) is 0.276. The van der Waals surface area contributed by atoms with Crippen LogP contribution in [-0.2, 0) is 22.6 Å². The molecule has 1 aromatic carbocycles. The Labute approximate surface area is 208 Å². The lowest BCUT2D eigenvalue weighted by Gasteiger charge is -2.17. The van der Waals surface area contributed by atoms with Crippen molar-refractivity contribution >= 4 is 53.4 Å². The molecule has 3 heterocycles. The number of H-pyrrole nitrogens is 1. The molecule has 0 saturated heterocycles. The number of carboxylic acid groups (broad SMARTS) is 1. The van der Waals surface area contributed by atoms with Gasteiger partial charge in [-0.1, -0.05) is 18.2 Å². The number of carbonyl (C=O) groups excluding carboxylic acids is 1. The van der Waals surface area contributed by atoms with Crippen molar-refractivity contribution in [2.75, 3.05) is 11.9 Å². The van der Waals surface area contributed by atoms with Crippen molar-refractivity contribution in [1.29, 1.82) is 0 Å². The summed E-state index contributed by atoms with van der Waals surface area (Å²) in [5.41, 5.74) is 3.50. The second-order valence-electron chi connectivity index (χ2n) is 7.35. The van der Waals surface area contributed by atoms with E-state index < -0.39 is 12.0 Å². The highest BCUT2D eigenvalue weighted by molar-refractivity contribution is 5.95. The zero-order valence-electron chi connectivity index (χ0n) is 18.4. The maximum Gasteiger partial charge on any atom is 0.317 e. The third-order valence-electron chi connectivity index (χ3n) is 5.22. The number of halogens is 2. The van der Waals surface area contributed by atoms with Gasteiger partial charge in [0, 0.05) is 47.7 Å². The molecule has 0 fully saturated rings. The summed E-state index contributed by atoms with van der Waals surface area (Å²) in [6, 6.07) is 12.6. The summed E-state index contributed by atoms with van der Waals surface area (Å²) < 4.78 is 1.70. The molecule has 4 aromatic rings. The van der Waals surface area contributed by atoms with E-state index in [4.69, 9.17) is 5.11 Å². The minimum Gasteiger partial charge on any atom is -0.480 e. The molecule has 0 aliphatic carbocycles. The molecule has 0 saturated carbocycles. The zero-order valence-corrected chi connectivity index (χ0v) is 20.0. The van der Waals surface area contributed by atoms with E-state index in [2.05, 4.69) is 25.7 Å². The van der Waals surface area contributed by atoms with E-state index in [-0.39, 0.29) is 37.3 Å². The van der Waals surface area contributed by atoms with Crippen molar-refractivity contribution in [3.8, 4) is 11.3 Å². The molecule has 0 bridgehead atoms. The van der Waals surface area contributed by atoms with Gasteiger partial charge in [-0.25, -0.2) is 4.68 Å². The molecule has 4 N–H and O–H groups in total. The highest BCUT2D eigenvalue weighted by Crippen LogP contribution is 2.23. The molecule has 0 aliphatic heterocycles. The van der Waals surface area contributed by atoms with Crippen LogP contribution in [0.25, 0.3) is 22.2 Å². The molecule has 1 amide bonds. The number of benzene rings is 1. The molecule has 0 aliphatic rings. The fraction of sp³-hybridized carbons (Fsp3) is 0.217. The number of aromatic nitrogens is 4. The van der Waals surface area contributed by atoms with Crippen molar-refractivity contribution in [2.45, 2.75) is 25.9 Å². The fourth-order valence-corrected chi connectivity index (χ4v) is 3.62. The number of aliphatic carboxylic acids is 1. The highest BCUT2D eigenvalue weighted by Gasteiger charge is 2.23. The second-order valence-corrected chi connectivity index (χ2v) is 7.35. The summed E-state index contributed by atoms with van der Waals surface area (Å²) in [6.45, 7) is 2.18. The molecule has 180 valence electrons. The van der Waals surface area contributed by atoms with E-state index in [9.17, 15) is 9.59 Å². The SMILES string of the molecule is CCn1nc(-c2ccncc2)cc1NC(=O)[C@H](Cc1c[nH]c2ccccc12)NCC(=O)O.Cl.Cl. The first-order valence-electron chi connectivity index (χ1n) is 10.3. The van der Waals surface area contributed by atoms with Gasteiger partial charge in [0.15, 0.2) is 0 Å². The number of hydrogen-bond donors (Lipinski definition) is 4. The van der Waals surface area contributed by atoms with Crippen LogP contribution in [0.5, 0.6) is 0 Å². The first-order valence-corrected chi connectivity index (χ1v) is 10.3. The molecular weight excluding hydrogens is 479 g/mol. The molecule has 0 radical (unpaired) electrons. The van der Waals surface area contributed by atoms with Crippen molar-refractivity contribution in [3.63, 3.8) is 0 Å². The normalized spacial score (nSPS) is 11.3. The number of para-hydroxylation sites is 1. The molecule has 0 spiro atoms. The lowest BCUT2D eigenvalue weighted by Crippen LogP contribution is -2.44. The average molecular weight is 505 g/mol. The van der Waals surface area contributed by atoms with Crippen LogP contribution in [0.3, 0.4) is 0 Å². The van der Waals surface area contributed by atoms with Crippen LogP contribution in [0, 0.1) is 0 Å². The first-order chi connectivity index (χ1) is 15.5. The maximum absolute atomic E-state index is 13.2. The molecule has 11 heteroatoms. The van der Waals surface area contributed by atoms with Gasteiger partial charge in [-0.2, -0.15) is 5.10 Å². The van der Waals surface area contributed by atoms with E-state index in [0.717, 1.165) is 27.7 Å². The van der Waals surface area contributed by atoms with Crippen molar-refractivity contribution in [2.24, 2.45) is 0 Å². The van der Waals surface area contributed by atoms with E-state index in [1.54, 1.807) is 23.1 Å². The molecule has 4 rings (SSSR count). The summed E-state index contributed by atoms with van der Waals surface area (Å²) >= 11 is 0. The summed E-state index contributed by atoms with van der Waals surface area (Å²) in [4.78, 5) is 31.5. The molecule has 1 atom stereocenters. The predicted molar refractivity (Wildman–Crippen MR) is 136 cm³/mol. The summed E-state index contributed by atoms with van der Waals surface area (Å²) in [5, 5.41) is 20.5. The number of rotatable bonds is 9. The van der Waals surface area contributed by atoms with Gasteiger partial charge in [0.2, 0.25) is 5.91 Å². The second kappa shape index (κ2) is 12.2. The number of aromatic amines is 1. The Morgan fingerprint density at radius 3 is 2.59 bits per heavy atom. The lowest BCUT2D eigenvalue weighted by atomic mass is 10.0. The van der Waals surface area contributed by atoms with E-state index >= 15 is 0 Å². The summed E-state index contributed by atoms with van der Waals surface area (Å²) in [7, 11) is 0. The van der Waals surface area contributed by atoms with Crippen LogP contribution in [-0.4, -0.2) is 49.3 Å². The average Bonchev–Trinajstić information content (AvgIpc) is 3.41. The molecule has 3 aromatic heterocycles. The number of aryl methyl sites for hydroxylation is 1. The molecule has 9 nitrogen and oxygen atoms in total. The predicted octanol–water partition coefficient (Wildman–Crippen LogP) is 3.51. The highest BCUT2D eigenvalue weighted by atomic mass is 35.5. The van der Waals surface area contributed by atoms with Crippen LogP contribution in [0.1, 0.15) is 12.5 Å². The van der Waals surface area contributed by atoms with Gasteiger partial charge >= 0.3 is 5.97 Å². The number of nitrogens with zero attached hydrogens (tertiary/aromatic N) is 3. The Hall–Kier alpha value is -3.40. The monoisotopic (exact) mass is 504 g/mol. The Morgan fingerprint density at radius 1 is 1.15 bits per heavy atom. The molecule has 0 unspecified atom stereocenters. The Morgan fingerprint density at radius 2 is 1.88 bits per heavy atom. The minimum atomic E-state index is -1.03. The number of nitrogens with one attached hydrogen (secondary N) is 3. The van der Waals surface area contributed by atoms with Crippen LogP contribution >= 0.6 is 24.8 Å². The first kappa shape index (κ1) is 26.8. The largest absolute Gasteiger partial charge is 0.480 e. The maximum atomic E-state index is 13.2. The minimum absolute atomic E-state index is 0. The summed E-state index contributed by atoms with van der Waals surface area (Å²) in [6.07, 6.45) is 5.56. The lowest BCUT2D eigenvalue weighted by molar-refractivity contribution is -0.136. The Balaban J connectivity index is 0.00000204. The van der Waals surface area contributed by atoms with Crippen LogP contribution in [0.2, 0.25) is 0 Å². The third kappa shape index (κ3) is 6.13. The number of fused-ring (bicyclic) bond motifs is 1. The van der Waals surface area contributed by atoms with Gasteiger partial charge < -0.3 is 15.4 Å².